The Bertz CT molecular complexity index is 193. The number of rotatable bonds is 5. The SMILES string of the molecule is CCCC(N)CC(=O)OC(=O)OCC. The third kappa shape index (κ3) is 6.42. The van der Waals surface area contributed by atoms with E-state index < -0.39 is 12.1 Å². The highest BCUT2D eigenvalue weighted by atomic mass is 16.7. The molecule has 0 bridgehead atoms. The molecule has 0 aromatic heterocycles. The Morgan fingerprint density at radius 2 is 2.00 bits per heavy atom. The van der Waals surface area contributed by atoms with Gasteiger partial charge in [-0.2, -0.15) is 0 Å². The summed E-state index contributed by atoms with van der Waals surface area (Å²) in [5, 5.41) is 0. The average Bonchev–Trinajstić information content (AvgIpc) is 2.03. The number of hydrogen-bond donors (Lipinski definition) is 1. The molecule has 0 saturated heterocycles. The predicted octanol–water partition coefficient (Wildman–Crippen LogP) is 1.20. The first-order chi connectivity index (χ1) is 6.60. The van der Waals surface area contributed by atoms with Crippen molar-refractivity contribution in [2.24, 2.45) is 5.73 Å². The van der Waals surface area contributed by atoms with E-state index in [4.69, 9.17) is 5.73 Å². The number of ether oxygens (including phenoxy) is 2. The molecule has 0 aromatic carbocycles. The summed E-state index contributed by atoms with van der Waals surface area (Å²) < 4.78 is 8.76. The lowest BCUT2D eigenvalue weighted by Gasteiger charge is -2.08. The highest BCUT2D eigenvalue weighted by Crippen LogP contribution is 2.00. The first kappa shape index (κ1) is 12.9. The maximum atomic E-state index is 11.0. The molecule has 2 N–H and O–H groups in total. The molecule has 0 saturated carbocycles. The molecule has 0 aliphatic rings. The number of esters is 1. The Morgan fingerprint density at radius 3 is 2.50 bits per heavy atom. The van der Waals surface area contributed by atoms with Gasteiger partial charge in [-0.1, -0.05) is 13.3 Å². The van der Waals surface area contributed by atoms with Gasteiger partial charge in [-0.3, -0.25) is 4.79 Å². The van der Waals surface area contributed by atoms with Gasteiger partial charge in [0, 0.05) is 6.04 Å². The largest absolute Gasteiger partial charge is 0.516 e. The van der Waals surface area contributed by atoms with Crippen LogP contribution < -0.4 is 5.73 Å². The summed E-state index contributed by atoms with van der Waals surface area (Å²) in [6.07, 6.45) is 0.722. The molecule has 5 nitrogen and oxygen atoms in total. The van der Waals surface area contributed by atoms with Crippen molar-refractivity contribution in [2.75, 3.05) is 6.61 Å². The average molecular weight is 203 g/mol. The minimum Gasteiger partial charge on any atom is -0.434 e. The maximum Gasteiger partial charge on any atom is 0.516 e. The van der Waals surface area contributed by atoms with Crippen LogP contribution in [-0.4, -0.2) is 24.8 Å². The van der Waals surface area contributed by atoms with Crippen molar-refractivity contribution in [3.63, 3.8) is 0 Å². The lowest BCUT2D eigenvalue weighted by molar-refractivity contribution is -0.140. The summed E-state index contributed by atoms with van der Waals surface area (Å²) in [6, 6.07) is -0.248. The van der Waals surface area contributed by atoms with Crippen LogP contribution in [0.2, 0.25) is 0 Å². The van der Waals surface area contributed by atoms with Crippen LogP contribution in [0.5, 0.6) is 0 Å². The van der Waals surface area contributed by atoms with Gasteiger partial charge in [-0.15, -0.1) is 0 Å². The zero-order valence-corrected chi connectivity index (χ0v) is 8.62. The molecule has 0 aliphatic carbocycles. The first-order valence-corrected chi connectivity index (χ1v) is 4.73. The Balaban J connectivity index is 3.69. The van der Waals surface area contributed by atoms with Crippen LogP contribution in [0.4, 0.5) is 4.79 Å². The molecule has 1 unspecified atom stereocenters. The molecule has 0 aliphatic heterocycles. The topological polar surface area (TPSA) is 78.6 Å². The molecule has 14 heavy (non-hydrogen) atoms. The number of nitrogens with two attached hydrogens (primary N) is 1. The summed E-state index contributed by atoms with van der Waals surface area (Å²) in [7, 11) is 0. The lowest BCUT2D eigenvalue weighted by atomic mass is 10.1. The monoisotopic (exact) mass is 203 g/mol. The summed E-state index contributed by atoms with van der Waals surface area (Å²) in [6.45, 7) is 3.79. The summed E-state index contributed by atoms with van der Waals surface area (Å²) in [5.74, 6) is -0.635. The molecule has 0 radical (unpaired) electrons. The van der Waals surface area contributed by atoms with E-state index in [2.05, 4.69) is 9.47 Å². The van der Waals surface area contributed by atoms with Gasteiger partial charge in [0.15, 0.2) is 0 Å². The normalized spacial score (nSPS) is 11.9. The molecule has 82 valence electrons. The van der Waals surface area contributed by atoms with Gasteiger partial charge in [-0.25, -0.2) is 4.79 Å². The third-order valence-electron chi connectivity index (χ3n) is 1.55. The van der Waals surface area contributed by atoms with E-state index in [-0.39, 0.29) is 19.1 Å². The summed E-state index contributed by atoms with van der Waals surface area (Å²) >= 11 is 0. The van der Waals surface area contributed by atoms with Gasteiger partial charge >= 0.3 is 12.1 Å². The van der Waals surface area contributed by atoms with Crippen molar-refractivity contribution in [3.8, 4) is 0 Å². The van der Waals surface area contributed by atoms with E-state index in [1.807, 2.05) is 6.92 Å². The molecule has 0 fully saturated rings. The van der Waals surface area contributed by atoms with E-state index in [1.54, 1.807) is 6.92 Å². The second-order valence-electron chi connectivity index (χ2n) is 2.91. The Kier molecular flexibility index (Phi) is 6.74. The Labute approximate surface area is 83.5 Å². The van der Waals surface area contributed by atoms with Crippen molar-refractivity contribution >= 4 is 12.1 Å². The zero-order valence-electron chi connectivity index (χ0n) is 8.62. The minimum atomic E-state index is -0.957. The Hall–Kier alpha value is -1.10. The fourth-order valence-corrected chi connectivity index (χ4v) is 0.969. The smallest absolute Gasteiger partial charge is 0.434 e. The van der Waals surface area contributed by atoms with Crippen molar-refractivity contribution < 1.29 is 19.1 Å². The lowest BCUT2D eigenvalue weighted by Crippen LogP contribution is -2.26. The van der Waals surface area contributed by atoms with Crippen LogP contribution in [0.15, 0.2) is 0 Å². The first-order valence-electron chi connectivity index (χ1n) is 4.73. The van der Waals surface area contributed by atoms with Crippen LogP contribution >= 0.6 is 0 Å². The molecule has 5 heteroatoms. The van der Waals surface area contributed by atoms with Gasteiger partial charge in [0.25, 0.3) is 0 Å². The highest BCUT2D eigenvalue weighted by molar-refractivity contribution is 5.82. The Morgan fingerprint density at radius 1 is 1.36 bits per heavy atom. The van der Waals surface area contributed by atoms with Crippen LogP contribution in [0, 0.1) is 0 Å². The van der Waals surface area contributed by atoms with E-state index in [1.165, 1.54) is 0 Å². The molecule has 0 aromatic rings. The summed E-state index contributed by atoms with van der Waals surface area (Å²) in [5.41, 5.74) is 5.58. The van der Waals surface area contributed by atoms with E-state index in [9.17, 15) is 9.59 Å². The van der Waals surface area contributed by atoms with Crippen LogP contribution in [0.25, 0.3) is 0 Å². The third-order valence-corrected chi connectivity index (χ3v) is 1.55. The maximum absolute atomic E-state index is 11.0. The van der Waals surface area contributed by atoms with Gasteiger partial charge in [0.05, 0.1) is 13.0 Å². The zero-order chi connectivity index (χ0) is 11.0. The number of carbonyl (C=O) groups is 2. The molecule has 0 spiro atoms. The second-order valence-corrected chi connectivity index (χ2v) is 2.91. The highest BCUT2D eigenvalue weighted by Gasteiger charge is 2.14. The standard InChI is InChI=1S/C9H17NO4/c1-3-5-7(10)6-8(11)14-9(12)13-4-2/h7H,3-6,10H2,1-2H3. The molecular weight excluding hydrogens is 186 g/mol. The van der Waals surface area contributed by atoms with E-state index in [0.29, 0.717) is 0 Å². The van der Waals surface area contributed by atoms with Gasteiger partial charge < -0.3 is 15.2 Å². The summed E-state index contributed by atoms with van der Waals surface area (Å²) in [4.78, 5) is 21.7. The van der Waals surface area contributed by atoms with Gasteiger partial charge in [0.2, 0.25) is 0 Å². The van der Waals surface area contributed by atoms with Crippen molar-refractivity contribution in [1.82, 2.24) is 0 Å². The molecule has 1 atom stereocenters. The van der Waals surface area contributed by atoms with E-state index in [0.717, 1.165) is 12.8 Å². The fraction of sp³-hybridized carbons (Fsp3) is 0.778. The van der Waals surface area contributed by atoms with Crippen LogP contribution in [-0.2, 0) is 14.3 Å². The van der Waals surface area contributed by atoms with Crippen molar-refractivity contribution in [2.45, 2.75) is 39.2 Å². The predicted molar refractivity (Wildman–Crippen MR) is 50.6 cm³/mol. The van der Waals surface area contributed by atoms with E-state index >= 15 is 0 Å². The minimum absolute atomic E-state index is 0.0483. The molecule has 0 heterocycles. The van der Waals surface area contributed by atoms with Crippen LogP contribution in [0.1, 0.15) is 33.1 Å². The fourth-order valence-electron chi connectivity index (χ4n) is 0.969. The number of carbonyl (C=O) groups excluding carboxylic acids is 2. The van der Waals surface area contributed by atoms with Gasteiger partial charge in [0.1, 0.15) is 0 Å². The molecule has 0 amide bonds. The molecular formula is C9H17NO4. The van der Waals surface area contributed by atoms with Crippen molar-refractivity contribution in [3.05, 3.63) is 0 Å². The van der Waals surface area contributed by atoms with Crippen LogP contribution in [0.3, 0.4) is 0 Å². The number of hydrogen-bond acceptors (Lipinski definition) is 5. The molecule has 0 rings (SSSR count). The van der Waals surface area contributed by atoms with Crippen molar-refractivity contribution in [1.29, 1.82) is 0 Å². The van der Waals surface area contributed by atoms with Gasteiger partial charge in [-0.05, 0) is 13.3 Å². The quantitative estimate of drug-likeness (QED) is 0.536. The second kappa shape index (κ2) is 7.32.